The molecule has 7 heteroatoms. The summed E-state index contributed by atoms with van der Waals surface area (Å²) >= 11 is 0. The highest BCUT2D eigenvalue weighted by Gasteiger charge is 2.25. The van der Waals surface area contributed by atoms with Crippen LogP contribution in [0.1, 0.15) is 29.7 Å². The van der Waals surface area contributed by atoms with E-state index in [9.17, 15) is 13.2 Å². The monoisotopic (exact) mass is 389 g/mol. The Morgan fingerprint density at radius 3 is 2.56 bits per heavy atom. The summed E-state index contributed by atoms with van der Waals surface area (Å²) in [5.41, 5.74) is 3.94. The molecule has 1 N–H and O–H groups in total. The maximum absolute atomic E-state index is 12.5. The minimum Gasteiger partial charge on any atom is -0.356 e. The first-order chi connectivity index (χ1) is 12.8. The summed E-state index contributed by atoms with van der Waals surface area (Å²) in [6.45, 7) is 5.65. The Morgan fingerprint density at radius 2 is 1.89 bits per heavy atom. The van der Waals surface area contributed by atoms with E-state index in [-0.39, 0.29) is 5.91 Å². The predicted molar refractivity (Wildman–Crippen MR) is 107 cm³/mol. The van der Waals surface area contributed by atoms with Crippen LogP contribution in [0.5, 0.6) is 0 Å². The lowest BCUT2D eigenvalue weighted by Crippen LogP contribution is -2.41. The van der Waals surface area contributed by atoms with E-state index in [1.807, 2.05) is 38.1 Å². The summed E-state index contributed by atoms with van der Waals surface area (Å²) in [6.07, 6.45) is 3.13. The van der Waals surface area contributed by atoms with Gasteiger partial charge in [-0.25, -0.2) is 12.7 Å². The molecule has 6 nitrogen and oxygen atoms in total. The van der Waals surface area contributed by atoms with Crippen molar-refractivity contribution in [2.24, 2.45) is 5.92 Å². The number of rotatable bonds is 5. The summed E-state index contributed by atoms with van der Waals surface area (Å²) in [6, 6.07) is 7.98. The summed E-state index contributed by atoms with van der Waals surface area (Å²) in [5.74, 6) is 0.313. The first-order valence-corrected chi connectivity index (χ1v) is 11.2. The van der Waals surface area contributed by atoms with Crippen LogP contribution in [-0.4, -0.2) is 49.5 Å². The minimum absolute atomic E-state index is 0.0103. The number of aryl methyl sites for hydroxylation is 2. The molecule has 1 aliphatic rings. The highest BCUT2D eigenvalue weighted by Crippen LogP contribution is 2.23. The zero-order valence-corrected chi connectivity index (χ0v) is 17.0. The van der Waals surface area contributed by atoms with E-state index >= 15 is 0 Å². The third-order valence-electron chi connectivity index (χ3n) is 5.45. The maximum Gasteiger partial charge on any atom is 0.224 e. The molecule has 2 aromatic rings. The SMILES string of the molecule is Cc1nc2ccccc2c(C)c1CC(=O)NCC1CCN(S(C)(=O)=O)CC1. The first kappa shape index (κ1) is 19.8. The number of pyridine rings is 1. The smallest absolute Gasteiger partial charge is 0.224 e. The second kappa shape index (κ2) is 7.94. The molecule has 2 heterocycles. The van der Waals surface area contributed by atoms with E-state index in [0.717, 1.165) is 40.6 Å². The number of amides is 1. The molecule has 0 unspecified atom stereocenters. The largest absolute Gasteiger partial charge is 0.356 e. The Kier molecular flexibility index (Phi) is 5.81. The lowest BCUT2D eigenvalue weighted by Gasteiger charge is -2.30. The third-order valence-corrected chi connectivity index (χ3v) is 6.76. The van der Waals surface area contributed by atoms with E-state index in [2.05, 4.69) is 10.3 Å². The van der Waals surface area contributed by atoms with Gasteiger partial charge in [-0.05, 0) is 49.8 Å². The van der Waals surface area contributed by atoms with Crippen molar-refractivity contribution in [3.05, 3.63) is 41.1 Å². The number of piperidine rings is 1. The van der Waals surface area contributed by atoms with Crippen molar-refractivity contribution in [3.63, 3.8) is 0 Å². The van der Waals surface area contributed by atoms with Gasteiger partial charge >= 0.3 is 0 Å². The molecule has 1 fully saturated rings. The number of nitrogens with one attached hydrogen (secondary N) is 1. The molecule has 3 rings (SSSR count). The van der Waals surface area contributed by atoms with Gasteiger partial charge in [-0.1, -0.05) is 18.2 Å². The van der Waals surface area contributed by atoms with Crippen molar-refractivity contribution < 1.29 is 13.2 Å². The molecule has 1 aromatic heterocycles. The third kappa shape index (κ3) is 4.65. The number of hydrogen-bond donors (Lipinski definition) is 1. The molecule has 0 aliphatic carbocycles. The number of aromatic nitrogens is 1. The Morgan fingerprint density at radius 1 is 1.22 bits per heavy atom. The Bertz CT molecular complexity index is 948. The van der Waals surface area contributed by atoms with Crippen molar-refractivity contribution >= 4 is 26.8 Å². The van der Waals surface area contributed by atoms with Crippen LogP contribution >= 0.6 is 0 Å². The lowest BCUT2D eigenvalue weighted by molar-refractivity contribution is -0.120. The Labute approximate surface area is 161 Å². The number of carbonyl (C=O) groups is 1. The van der Waals surface area contributed by atoms with Crippen molar-refractivity contribution in [2.45, 2.75) is 33.1 Å². The fraction of sp³-hybridized carbons (Fsp3) is 0.500. The van der Waals surface area contributed by atoms with Gasteiger partial charge in [-0.3, -0.25) is 9.78 Å². The van der Waals surface area contributed by atoms with E-state index in [4.69, 9.17) is 0 Å². The standard InChI is InChI=1S/C20H27N3O3S/c1-14-17-6-4-5-7-19(17)22-15(2)18(14)12-20(24)21-13-16-8-10-23(11-9-16)27(3,25)26/h4-7,16H,8-13H2,1-3H3,(H,21,24). The Balaban J connectivity index is 1.58. The molecule has 1 amide bonds. The van der Waals surface area contributed by atoms with Crippen LogP contribution in [0.3, 0.4) is 0 Å². The normalized spacial score (nSPS) is 16.6. The van der Waals surface area contributed by atoms with Gasteiger partial charge < -0.3 is 5.32 Å². The van der Waals surface area contributed by atoms with Gasteiger partial charge in [0.15, 0.2) is 0 Å². The van der Waals surface area contributed by atoms with Gasteiger partial charge in [-0.15, -0.1) is 0 Å². The van der Waals surface area contributed by atoms with Crippen LogP contribution in [0, 0.1) is 19.8 Å². The number of carbonyl (C=O) groups excluding carboxylic acids is 1. The van der Waals surface area contributed by atoms with Crippen molar-refractivity contribution in [1.82, 2.24) is 14.6 Å². The van der Waals surface area contributed by atoms with Gasteiger partial charge in [-0.2, -0.15) is 0 Å². The quantitative estimate of drug-likeness (QED) is 0.850. The van der Waals surface area contributed by atoms with Crippen LogP contribution in [0.2, 0.25) is 0 Å². The fourth-order valence-electron chi connectivity index (χ4n) is 3.76. The maximum atomic E-state index is 12.5. The van der Waals surface area contributed by atoms with Crippen molar-refractivity contribution in [3.8, 4) is 0 Å². The molecule has 1 aliphatic heterocycles. The summed E-state index contributed by atoms with van der Waals surface area (Å²) < 4.78 is 24.7. The molecule has 146 valence electrons. The summed E-state index contributed by atoms with van der Waals surface area (Å²) in [7, 11) is -3.11. The number of sulfonamides is 1. The van der Waals surface area contributed by atoms with Crippen LogP contribution in [0.4, 0.5) is 0 Å². The van der Waals surface area contributed by atoms with Crippen molar-refractivity contribution in [2.75, 3.05) is 25.9 Å². The van der Waals surface area contributed by atoms with E-state index in [1.165, 1.54) is 10.6 Å². The molecule has 1 saturated heterocycles. The minimum atomic E-state index is -3.11. The molecule has 0 radical (unpaired) electrons. The summed E-state index contributed by atoms with van der Waals surface area (Å²) in [4.78, 5) is 17.1. The molecule has 27 heavy (non-hydrogen) atoms. The van der Waals surface area contributed by atoms with Crippen LogP contribution < -0.4 is 5.32 Å². The molecule has 0 saturated carbocycles. The van der Waals surface area contributed by atoms with Crippen LogP contribution in [0.25, 0.3) is 10.9 Å². The predicted octanol–water partition coefficient (Wildman–Crippen LogP) is 2.18. The highest BCUT2D eigenvalue weighted by molar-refractivity contribution is 7.88. The molecular formula is C20H27N3O3S. The molecule has 0 bridgehead atoms. The van der Waals surface area contributed by atoms with Crippen LogP contribution in [0.15, 0.2) is 24.3 Å². The number of hydrogen-bond acceptors (Lipinski definition) is 4. The van der Waals surface area contributed by atoms with Crippen LogP contribution in [-0.2, 0) is 21.2 Å². The number of nitrogens with zero attached hydrogens (tertiary/aromatic N) is 2. The zero-order valence-electron chi connectivity index (χ0n) is 16.2. The molecule has 0 spiro atoms. The van der Waals surface area contributed by atoms with Gasteiger partial charge in [0.05, 0.1) is 18.2 Å². The van der Waals surface area contributed by atoms with Gasteiger partial charge in [0.2, 0.25) is 15.9 Å². The number of para-hydroxylation sites is 1. The number of benzene rings is 1. The second-order valence-electron chi connectivity index (χ2n) is 7.40. The average molecular weight is 390 g/mol. The molecular weight excluding hydrogens is 362 g/mol. The topological polar surface area (TPSA) is 79.4 Å². The fourth-order valence-corrected chi connectivity index (χ4v) is 4.63. The zero-order chi connectivity index (χ0) is 19.6. The van der Waals surface area contributed by atoms with Crippen molar-refractivity contribution in [1.29, 1.82) is 0 Å². The number of fused-ring (bicyclic) bond motifs is 1. The Hall–Kier alpha value is -1.99. The van der Waals surface area contributed by atoms with Gasteiger partial charge in [0.1, 0.15) is 0 Å². The van der Waals surface area contributed by atoms with Gasteiger partial charge in [0, 0.05) is 30.7 Å². The summed E-state index contributed by atoms with van der Waals surface area (Å²) in [5, 5.41) is 4.10. The lowest BCUT2D eigenvalue weighted by atomic mass is 9.97. The van der Waals surface area contributed by atoms with E-state index in [1.54, 1.807) is 0 Å². The first-order valence-electron chi connectivity index (χ1n) is 9.32. The molecule has 0 atom stereocenters. The van der Waals surface area contributed by atoms with E-state index < -0.39 is 10.0 Å². The second-order valence-corrected chi connectivity index (χ2v) is 9.39. The highest BCUT2D eigenvalue weighted by atomic mass is 32.2. The average Bonchev–Trinajstić information content (AvgIpc) is 2.63. The van der Waals surface area contributed by atoms with Gasteiger partial charge in [0.25, 0.3) is 0 Å². The van der Waals surface area contributed by atoms with E-state index in [0.29, 0.717) is 32.0 Å². The molecule has 1 aromatic carbocycles.